The van der Waals surface area contributed by atoms with Crippen molar-refractivity contribution in [2.75, 3.05) is 18.4 Å². The van der Waals surface area contributed by atoms with E-state index in [0.717, 1.165) is 47.9 Å². The number of nitrogens with zero attached hydrogens (tertiary/aromatic N) is 2. The number of hydrogen-bond donors (Lipinski definition) is 0. The lowest BCUT2D eigenvalue weighted by Crippen LogP contribution is -2.38. The van der Waals surface area contributed by atoms with Crippen LogP contribution in [0.15, 0.2) is 36.4 Å². The van der Waals surface area contributed by atoms with E-state index < -0.39 is 0 Å². The molecule has 31 heavy (non-hydrogen) atoms. The lowest BCUT2D eigenvalue weighted by atomic mass is 9.76. The van der Waals surface area contributed by atoms with Crippen molar-refractivity contribution in [1.29, 1.82) is 5.26 Å². The van der Waals surface area contributed by atoms with Crippen molar-refractivity contribution in [1.82, 2.24) is 4.90 Å². The van der Waals surface area contributed by atoms with E-state index >= 15 is 0 Å². The number of alkyl halides is 1. The van der Waals surface area contributed by atoms with Crippen molar-refractivity contribution >= 4 is 27.6 Å². The molecular formula is C26H27BrN2O2. The summed E-state index contributed by atoms with van der Waals surface area (Å²) in [4.78, 5) is 27.9. The summed E-state index contributed by atoms with van der Waals surface area (Å²) in [6, 6.07) is 14.0. The van der Waals surface area contributed by atoms with Crippen LogP contribution in [0.2, 0.25) is 0 Å². The maximum atomic E-state index is 13.4. The number of hydrogen-bond acceptors (Lipinski definition) is 3. The molecule has 2 fully saturated rings. The van der Waals surface area contributed by atoms with Crippen LogP contribution in [0.4, 0.5) is 0 Å². The van der Waals surface area contributed by atoms with E-state index in [1.807, 2.05) is 42.2 Å². The number of carbonyl (C=O) groups excluding carboxylic acids is 2. The number of halogens is 1. The number of rotatable bonds is 5. The molecule has 2 aromatic carbocycles. The monoisotopic (exact) mass is 478 g/mol. The maximum Gasteiger partial charge on any atom is 0.254 e. The SMILES string of the molecule is Cc1cc(C2CCC2)c(C(=O)CBr)cc1C(=O)N1CCC(c2ccccc2C#N)CC1. The van der Waals surface area contributed by atoms with Gasteiger partial charge in [-0.3, -0.25) is 9.59 Å². The standard InChI is InChI=1S/C26H27BrN2O2/c1-17-13-23(18-6-4-7-18)24(25(30)15-27)14-22(17)26(31)29-11-9-19(10-12-29)21-8-3-2-5-20(21)16-28/h2-3,5,8,13-14,18-19H,4,6-7,9-12,15H2,1H3. The molecule has 0 atom stereocenters. The minimum absolute atomic E-state index is 0.00769. The van der Waals surface area contributed by atoms with Crippen LogP contribution in [-0.4, -0.2) is 35.0 Å². The molecule has 1 aliphatic carbocycles. The highest BCUT2D eigenvalue weighted by atomic mass is 79.9. The van der Waals surface area contributed by atoms with Gasteiger partial charge in [-0.1, -0.05) is 46.6 Å². The number of carbonyl (C=O) groups is 2. The lowest BCUT2D eigenvalue weighted by molar-refractivity contribution is 0.0712. The van der Waals surface area contributed by atoms with E-state index in [0.29, 0.717) is 36.1 Å². The molecule has 1 saturated heterocycles. The Kier molecular flexibility index (Phi) is 6.57. The number of ketones is 1. The Morgan fingerprint density at radius 1 is 1.03 bits per heavy atom. The molecule has 4 rings (SSSR count). The maximum absolute atomic E-state index is 13.4. The second-order valence-corrected chi connectivity index (χ2v) is 9.27. The van der Waals surface area contributed by atoms with Gasteiger partial charge in [-0.05, 0) is 73.3 Å². The van der Waals surface area contributed by atoms with Gasteiger partial charge in [-0.15, -0.1) is 0 Å². The fraction of sp³-hybridized carbons (Fsp3) is 0.423. The summed E-state index contributed by atoms with van der Waals surface area (Å²) in [5.41, 5.74) is 5.22. The molecule has 0 bridgehead atoms. The number of amides is 1. The normalized spacial score (nSPS) is 17.1. The van der Waals surface area contributed by atoms with Gasteiger partial charge < -0.3 is 4.90 Å². The largest absolute Gasteiger partial charge is 0.339 e. The summed E-state index contributed by atoms with van der Waals surface area (Å²) < 4.78 is 0. The summed E-state index contributed by atoms with van der Waals surface area (Å²) in [5, 5.41) is 9.67. The zero-order chi connectivity index (χ0) is 22.0. The molecule has 2 aromatic rings. The molecule has 1 amide bonds. The second-order valence-electron chi connectivity index (χ2n) is 8.70. The van der Waals surface area contributed by atoms with E-state index in [2.05, 4.69) is 28.1 Å². The van der Waals surface area contributed by atoms with Gasteiger partial charge in [-0.25, -0.2) is 0 Å². The van der Waals surface area contributed by atoms with Gasteiger partial charge in [0, 0.05) is 24.2 Å². The number of Topliss-reactive ketones (excluding diaryl/α,β-unsaturated/α-hetero) is 1. The zero-order valence-electron chi connectivity index (χ0n) is 17.9. The van der Waals surface area contributed by atoms with Crippen LogP contribution >= 0.6 is 15.9 Å². The average molecular weight is 479 g/mol. The number of aryl methyl sites for hydroxylation is 1. The number of likely N-dealkylation sites (tertiary alicyclic amines) is 1. The van der Waals surface area contributed by atoms with Crippen molar-refractivity contribution in [2.45, 2.75) is 50.9 Å². The van der Waals surface area contributed by atoms with Crippen molar-refractivity contribution in [3.8, 4) is 6.07 Å². The van der Waals surface area contributed by atoms with Crippen molar-refractivity contribution in [3.05, 3.63) is 69.8 Å². The Labute approximate surface area is 192 Å². The van der Waals surface area contributed by atoms with Gasteiger partial charge in [0.2, 0.25) is 0 Å². The first-order chi connectivity index (χ1) is 15.0. The first kappa shape index (κ1) is 21.8. The van der Waals surface area contributed by atoms with Gasteiger partial charge in [0.25, 0.3) is 5.91 Å². The molecule has 0 N–H and O–H groups in total. The highest BCUT2D eigenvalue weighted by Gasteiger charge is 2.29. The molecule has 1 heterocycles. The smallest absolute Gasteiger partial charge is 0.254 e. The Hall–Kier alpha value is -2.45. The van der Waals surface area contributed by atoms with Crippen LogP contribution < -0.4 is 0 Å². The molecule has 1 saturated carbocycles. The topological polar surface area (TPSA) is 61.2 Å². The van der Waals surface area contributed by atoms with Crippen LogP contribution in [0.25, 0.3) is 0 Å². The third-order valence-corrected chi connectivity index (χ3v) is 7.41. The highest BCUT2D eigenvalue weighted by Crippen LogP contribution is 2.39. The van der Waals surface area contributed by atoms with Crippen molar-refractivity contribution in [3.63, 3.8) is 0 Å². The van der Waals surface area contributed by atoms with E-state index in [9.17, 15) is 14.9 Å². The Bertz CT molecular complexity index is 1040. The number of benzene rings is 2. The van der Waals surface area contributed by atoms with Gasteiger partial charge in [0.1, 0.15) is 0 Å². The highest BCUT2D eigenvalue weighted by molar-refractivity contribution is 9.09. The summed E-state index contributed by atoms with van der Waals surface area (Å²) in [6.07, 6.45) is 5.13. The Balaban J connectivity index is 1.54. The van der Waals surface area contributed by atoms with E-state index in [1.165, 1.54) is 6.42 Å². The third kappa shape index (κ3) is 4.32. The molecule has 5 heteroatoms. The van der Waals surface area contributed by atoms with Gasteiger partial charge in [0.15, 0.2) is 5.78 Å². The molecule has 0 unspecified atom stereocenters. The summed E-state index contributed by atoms with van der Waals surface area (Å²) in [5.74, 6) is 0.792. The molecular weight excluding hydrogens is 452 g/mol. The molecule has 0 radical (unpaired) electrons. The Morgan fingerprint density at radius 3 is 2.32 bits per heavy atom. The second kappa shape index (κ2) is 9.36. The minimum Gasteiger partial charge on any atom is -0.339 e. The van der Waals surface area contributed by atoms with Gasteiger partial charge in [0.05, 0.1) is 17.0 Å². The summed E-state index contributed by atoms with van der Waals surface area (Å²) in [7, 11) is 0. The molecule has 2 aliphatic rings. The zero-order valence-corrected chi connectivity index (χ0v) is 19.5. The van der Waals surface area contributed by atoms with Crippen molar-refractivity contribution < 1.29 is 9.59 Å². The van der Waals surface area contributed by atoms with Crippen LogP contribution in [-0.2, 0) is 0 Å². The van der Waals surface area contributed by atoms with Gasteiger partial charge >= 0.3 is 0 Å². The molecule has 4 nitrogen and oxygen atoms in total. The van der Waals surface area contributed by atoms with Crippen LogP contribution in [0, 0.1) is 18.3 Å². The first-order valence-corrected chi connectivity index (χ1v) is 12.2. The van der Waals surface area contributed by atoms with E-state index in [4.69, 9.17) is 0 Å². The summed E-state index contributed by atoms with van der Waals surface area (Å²) in [6.45, 7) is 3.30. The third-order valence-electron chi connectivity index (χ3n) is 6.90. The minimum atomic E-state index is 0.00769. The van der Waals surface area contributed by atoms with Crippen LogP contribution in [0.5, 0.6) is 0 Å². The van der Waals surface area contributed by atoms with Crippen LogP contribution in [0.1, 0.15) is 86.9 Å². The average Bonchev–Trinajstić information content (AvgIpc) is 2.77. The van der Waals surface area contributed by atoms with E-state index in [-0.39, 0.29) is 17.0 Å². The molecule has 0 spiro atoms. The lowest BCUT2D eigenvalue weighted by Gasteiger charge is -2.33. The summed E-state index contributed by atoms with van der Waals surface area (Å²) >= 11 is 3.30. The predicted octanol–water partition coefficient (Wildman–Crippen LogP) is 5.73. The Morgan fingerprint density at radius 2 is 1.71 bits per heavy atom. The number of piperidine rings is 1. The van der Waals surface area contributed by atoms with Crippen molar-refractivity contribution in [2.24, 2.45) is 0 Å². The van der Waals surface area contributed by atoms with Crippen LogP contribution in [0.3, 0.4) is 0 Å². The quantitative estimate of drug-likeness (QED) is 0.407. The predicted molar refractivity (Wildman–Crippen MR) is 125 cm³/mol. The molecule has 0 aromatic heterocycles. The fourth-order valence-electron chi connectivity index (χ4n) is 4.85. The molecule has 1 aliphatic heterocycles. The fourth-order valence-corrected chi connectivity index (χ4v) is 5.15. The first-order valence-electron chi connectivity index (χ1n) is 11.1. The van der Waals surface area contributed by atoms with Gasteiger partial charge in [-0.2, -0.15) is 5.26 Å². The molecule has 160 valence electrons. The van der Waals surface area contributed by atoms with E-state index in [1.54, 1.807) is 0 Å². The number of nitriles is 1.